The quantitative estimate of drug-likeness (QED) is 0.145. The summed E-state index contributed by atoms with van der Waals surface area (Å²) in [6, 6.07) is 55.3. The average Bonchev–Trinajstić information content (AvgIpc) is 3.90. The van der Waals surface area contributed by atoms with Crippen LogP contribution in [0.2, 0.25) is 0 Å². The van der Waals surface area contributed by atoms with Crippen molar-refractivity contribution in [2.45, 2.75) is 112 Å². The molecule has 9 rings (SSSR count). The first-order chi connectivity index (χ1) is 31.6. The van der Waals surface area contributed by atoms with Crippen LogP contribution in [0.15, 0.2) is 170 Å². The minimum Gasteiger partial charge on any atom is -0.457 e. The van der Waals surface area contributed by atoms with Crippen molar-refractivity contribution < 1.29 is 4.74 Å². The summed E-state index contributed by atoms with van der Waals surface area (Å²) in [7, 11) is 0. The van der Waals surface area contributed by atoms with Crippen LogP contribution >= 0.6 is 0 Å². The highest BCUT2D eigenvalue weighted by Gasteiger charge is 2.34. The summed E-state index contributed by atoms with van der Waals surface area (Å²) in [5.74, 6) is 2.48. The maximum atomic E-state index is 7.27. The molecule has 0 unspecified atom stereocenters. The molecular formula is C62H68N4O. The Morgan fingerprint density at radius 2 is 1.06 bits per heavy atom. The zero-order valence-electron chi connectivity index (χ0n) is 42.0. The van der Waals surface area contributed by atoms with Gasteiger partial charge in [-0.25, -0.2) is 4.98 Å². The summed E-state index contributed by atoms with van der Waals surface area (Å²) < 4.78 is 9.60. The third-order valence-corrected chi connectivity index (χ3v) is 14.1. The SMILES string of the molecule is CC(C)(C)C1=CN(c2cc(Oc3cc(C(C)(C)c4ccccc4)c4c5ccccc5n(-c5cc(C(C)(C)C)ccn5)c4c3)cc(C(C)(C)C)c2)CN1c1cccc(C(C)(C)c2ccccc2)c1. The number of ether oxygens (including phenoxy) is 1. The monoisotopic (exact) mass is 885 g/mol. The van der Waals surface area contributed by atoms with Crippen molar-refractivity contribution in [2.24, 2.45) is 5.41 Å². The van der Waals surface area contributed by atoms with Crippen molar-refractivity contribution in [3.8, 4) is 17.3 Å². The van der Waals surface area contributed by atoms with Gasteiger partial charge in [0.2, 0.25) is 0 Å². The lowest BCUT2D eigenvalue weighted by atomic mass is 9.76. The molecule has 0 saturated heterocycles. The Morgan fingerprint density at radius 3 is 1.72 bits per heavy atom. The molecule has 0 fully saturated rings. The van der Waals surface area contributed by atoms with E-state index in [1.807, 2.05) is 6.20 Å². The van der Waals surface area contributed by atoms with E-state index in [0.717, 1.165) is 34.0 Å². The van der Waals surface area contributed by atoms with Gasteiger partial charge in [0.15, 0.2) is 0 Å². The van der Waals surface area contributed by atoms with Crippen molar-refractivity contribution in [2.75, 3.05) is 16.5 Å². The summed E-state index contributed by atoms with van der Waals surface area (Å²) in [6.45, 7) is 30.6. The molecule has 0 N–H and O–H groups in total. The Bertz CT molecular complexity index is 3130. The first-order valence-corrected chi connectivity index (χ1v) is 24.0. The number of rotatable bonds is 9. The van der Waals surface area contributed by atoms with Crippen LogP contribution in [0.25, 0.3) is 27.6 Å². The van der Waals surface area contributed by atoms with Crippen molar-refractivity contribution in [3.63, 3.8) is 0 Å². The van der Waals surface area contributed by atoms with Crippen LogP contribution in [0.3, 0.4) is 0 Å². The lowest BCUT2D eigenvalue weighted by molar-refractivity contribution is 0.477. The minimum atomic E-state index is -0.367. The molecule has 8 aromatic rings. The minimum absolute atomic E-state index is 0.0422. The lowest BCUT2D eigenvalue weighted by Gasteiger charge is -2.33. The molecule has 0 radical (unpaired) electrons. The second-order valence-electron chi connectivity index (χ2n) is 22.8. The largest absolute Gasteiger partial charge is 0.457 e. The molecule has 0 atom stereocenters. The van der Waals surface area contributed by atoms with Gasteiger partial charge in [0.05, 0.1) is 17.7 Å². The van der Waals surface area contributed by atoms with Gasteiger partial charge in [-0.3, -0.25) is 4.57 Å². The molecule has 0 aliphatic carbocycles. The molecule has 342 valence electrons. The molecular weight excluding hydrogens is 817 g/mol. The molecule has 67 heavy (non-hydrogen) atoms. The fraction of sp³-hybridized carbons (Fsp3) is 0.306. The number of anilines is 2. The molecule has 5 nitrogen and oxygen atoms in total. The van der Waals surface area contributed by atoms with E-state index in [0.29, 0.717) is 6.67 Å². The van der Waals surface area contributed by atoms with E-state index in [1.54, 1.807) is 0 Å². The fourth-order valence-corrected chi connectivity index (χ4v) is 9.81. The van der Waals surface area contributed by atoms with Gasteiger partial charge < -0.3 is 14.5 Å². The van der Waals surface area contributed by atoms with E-state index in [2.05, 4.69) is 262 Å². The number of para-hydroxylation sites is 1. The van der Waals surface area contributed by atoms with Crippen molar-refractivity contribution in [1.82, 2.24) is 9.55 Å². The molecule has 2 aromatic heterocycles. The zero-order valence-corrected chi connectivity index (χ0v) is 42.0. The van der Waals surface area contributed by atoms with Crippen LogP contribution in [0.4, 0.5) is 11.4 Å². The van der Waals surface area contributed by atoms with Crippen LogP contribution in [0, 0.1) is 5.41 Å². The van der Waals surface area contributed by atoms with Gasteiger partial charge in [0, 0.05) is 68.6 Å². The number of aromatic nitrogens is 2. The maximum absolute atomic E-state index is 7.27. The third-order valence-electron chi connectivity index (χ3n) is 14.1. The van der Waals surface area contributed by atoms with E-state index in [-0.39, 0.29) is 27.1 Å². The van der Waals surface area contributed by atoms with Gasteiger partial charge in [-0.05, 0) is 92.7 Å². The number of allylic oxidation sites excluding steroid dienone is 1. The molecule has 0 bridgehead atoms. The molecule has 5 heteroatoms. The Labute approximate surface area is 399 Å². The van der Waals surface area contributed by atoms with E-state index < -0.39 is 0 Å². The van der Waals surface area contributed by atoms with Gasteiger partial charge in [0.1, 0.15) is 17.3 Å². The molecule has 0 saturated carbocycles. The second kappa shape index (κ2) is 16.6. The highest BCUT2D eigenvalue weighted by Crippen LogP contribution is 2.46. The Balaban J connectivity index is 1.18. The van der Waals surface area contributed by atoms with Crippen LogP contribution < -0.4 is 14.5 Å². The summed E-state index contributed by atoms with van der Waals surface area (Å²) in [6.07, 6.45) is 4.30. The second-order valence-corrected chi connectivity index (χ2v) is 22.8. The Morgan fingerprint density at radius 1 is 0.463 bits per heavy atom. The first kappa shape index (κ1) is 45.6. The summed E-state index contributed by atoms with van der Waals surface area (Å²) in [5.41, 5.74) is 12.4. The predicted octanol–water partition coefficient (Wildman–Crippen LogP) is 16.4. The van der Waals surface area contributed by atoms with Crippen LogP contribution in [0.5, 0.6) is 11.5 Å². The standard InChI is InChI=1S/C62H68N4O/c1-58(2,3)44-31-32-63-56(36-44)66-53-30-21-20-29-51(53)57-52(62(12,13)43-25-18-15-19-26-43)38-50(39-54(57)66)67-49-35-46(59(4,5)6)34-48(37-49)64-40-55(60(7,8)9)65(41-64)47-28-22-27-45(33-47)61(10,11)42-23-16-14-17-24-42/h14-40H,41H2,1-13H3. The van der Waals surface area contributed by atoms with Crippen molar-refractivity contribution in [1.29, 1.82) is 0 Å². The summed E-state index contributed by atoms with van der Waals surface area (Å²) in [4.78, 5) is 9.93. The number of nitrogens with zero attached hydrogens (tertiary/aromatic N) is 4. The lowest BCUT2D eigenvalue weighted by Crippen LogP contribution is -2.31. The smallest absolute Gasteiger partial charge is 0.137 e. The number of pyridine rings is 1. The van der Waals surface area contributed by atoms with Crippen LogP contribution in [0.1, 0.15) is 123 Å². The molecule has 1 aliphatic heterocycles. The van der Waals surface area contributed by atoms with Crippen molar-refractivity contribution in [3.05, 3.63) is 203 Å². The fourth-order valence-electron chi connectivity index (χ4n) is 9.81. The molecule has 3 heterocycles. The molecule has 6 aromatic carbocycles. The zero-order chi connectivity index (χ0) is 47.7. The number of benzene rings is 6. The maximum Gasteiger partial charge on any atom is 0.137 e. The average molecular weight is 885 g/mol. The van der Waals surface area contributed by atoms with Crippen LogP contribution in [-0.2, 0) is 21.7 Å². The molecule has 1 aliphatic rings. The van der Waals surface area contributed by atoms with Gasteiger partial charge >= 0.3 is 0 Å². The van der Waals surface area contributed by atoms with Gasteiger partial charge in [-0.2, -0.15) is 0 Å². The van der Waals surface area contributed by atoms with E-state index in [1.165, 1.54) is 55.5 Å². The number of hydrogen-bond donors (Lipinski definition) is 0. The Hall–Kier alpha value is -6.59. The normalized spacial score (nSPS) is 14.0. The predicted molar refractivity (Wildman–Crippen MR) is 283 cm³/mol. The van der Waals surface area contributed by atoms with Gasteiger partial charge in [0.25, 0.3) is 0 Å². The topological polar surface area (TPSA) is 33.5 Å². The highest BCUT2D eigenvalue weighted by molar-refractivity contribution is 6.11. The van der Waals surface area contributed by atoms with E-state index in [4.69, 9.17) is 9.72 Å². The highest BCUT2D eigenvalue weighted by atomic mass is 16.5. The van der Waals surface area contributed by atoms with E-state index >= 15 is 0 Å². The number of hydrogen-bond acceptors (Lipinski definition) is 4. The van der Waals surface area contributed by atoms with Crippen LogP contribution in [-0.4, -0.2) is 16.2 Å². The van der Waals surface area contributed by atoms with Gasteiger partial charge in [-0.1, -0.05) is 181 Å². The third kappa shape index (κ3) is 8.66. The number of fused-ring (bicyclic) bond motifs is 3. The van der Waals surface area contributed by atoms with Gasteiger partial charge in [-0.15, -0.1) is 0 Å². The van der Waals surface area contributed by atoms with Crippen molar-refractivity contribution >= 4 is 33.2 Å². The first-order valence-electron chi connectivity index (χ1n) is 24.0. The van der Waals surface area contributed by atoms with E-state index in [9.17, 15) is 0 Å². The Kier molecular flexibility index (Phi) is 11.3. The summed E-state index contributed by atoms with van der Waals surface area (Å²) in [5, 5.41) is 2.40. The molecule has 0 amide bonds. The molecule has 0 spiro atoms. The summed E-state index contributed by atoms with van der Waals surface area (Å²) >= 11 is 0.